The highest BCUT2D eigenvalue weighted by Crippen LogP contribution is 2.28. The van der Waals surface area contributed by atoms with E-state index < -0.39 is 10.0 Å². The summed E-state index contributed by atoms with van der Waals surface area (Å²) in [5, 5.41) is 0.910. The van der Waals surface area contributed by atoms with E-state index in [1.54, 1.807) is 7.05 Å². The Kier molecular flexibility index (Phi) is 5.13. The maximum atomic E-state index is 12.8. The molecule has 1 aliphatic carbocycles. The smallest absolute Gasteiger partial charge is 0.254 e. The SMILES string of the molecule is CN(Cc1nc2ccccc2s1)C(=O)c1ccc(Cl)c(S(=O)(=O)NC2CC2)c1. The number of fused-ring (bicyclic) bond motifs is 1. The van der Waals surface area contributed by atoms with Crippen LogP contribution in [0.1, 0.15) is 28.2 Å². The number of nitrogens with zero attached hydrogens (tertiary/aromatic N) is 2. The number of carbonyl (C=O) groups is 1. The summed E-state index contributed by atoms with van der Waals surface area (Å²) in [6.07, 6.45) is 1.64. The Balaban J connectivity index is 1.55. The van der Waals surface area contributed by atoms with E-state index >= 15 is 0 Å². The number of hydrogen-bond acceptors (Lipinski definition) is 5. The van der Waals surface area contributed by atoms with Crippen LogP contribution >= 0.6 is 22.9 Å². The number of carbonyl (C=O) groups excluding carboxylic acids is 1. The molecule has 1 amide bonds. The van der Waals surface area contributed by atoms with Crippen LogP contribution in [-0.2, 0) is 16.6 Å². The first-order valence-corrected chi connectivity index (χ1v) is 11.4. The number of halogens is 1. The second-order valence-electron chi connectivity index (χ2n) is 6.78. The number of hydrogen-bond donors (Lipinski definition) is 1. The van der Waals surface area contributed by atoms with Crippen molar-refractivity contribution in [2.24, 2.45) is 0 Å². The van der Waals surface area contributed by atoms with Crippen LogP contribution in [0.2, 0.25) is 5.02 Å². The second kappa shape index (κ2) is 7.44. The van der Waals surface area contributed by atoms with Gasteiger partial charge in [-0.05, 0) is 43.2 Å². The Morgan fingerprint density at radius 3 is 2.75 bits per heavy atom. The first kappa shape index (κ1) is 19.3. The lowest BCUT2D eigenvalue weighted by atomic mass is 10.2. The lowest BCUT2D eigenvalue weighted by Crippen LogP contribution is -2.28. The van der Waals surface area contributed by atoms with Crippen molar-refractivity contribution in [3.8, 4) is 0 Å². The molecule has 0 spiro atoms. The van der Waals surface area contributed by atoms with Crippen molar-refractivity contribution < 1.29 is 13.2 Å². The number of benzene rings is 2. The summed E-state index contributed by atoms with van der Waals surface area (Å²) < 4.78 is 28.7. The van der Waals surface area contributed by atoms with Crippen molar-refractivity contribution in [2.75, 3.05) is 7.05 Å². The predicted octanol–water partition coefficient (Wildman–Crippen LogP) is 3.66. The lowest BCUT2D eigenvalue weighted by Gasteiger charge is -2.17. The van der Waals surface area contributed by atoms with E-state index in [1.165, 1.54) is 34.4 Å². The summed E-state index contributed by atoms with van der Waals surface area (Å²) in [7, 11) is -2.08. The van der Waals surface area contributed by atoms with Gasteiger partial charge >= 0.3 is 0 Å². The molecule has 1 aliphatic rings. The van der Waals surface area contributed by atoms with Crippen LogP contribution in [0.3, 0.4) is 0 Å². The van der Waals surface area contributed by atoms with Crippen LogP contribution in [0.4, 0.5) is 0 Å². The molecule has 1 heterocycles. The van der Waals surface area contributed by atoms with Gasteiger partial charge in [-0.1, -0.05) is 23.7 Å². The van der Waals surface area contributed by atoms with Gasteiger partial charge in [-0.3, -0.25) is 4.79 Å². The molecule has 0 saturated heterocycles. The molecule has 0 radical (unpaired) electrons. The van der Waals surface area contributed by atoms with E-state index in [1.807, 2.05) is 24.3 Å². The van der Waals surface area contributed by atoms with Gasteiger partial charge in [-0.15, -0.1) is 11.3 Å². The number of para-hydroxylation sites is 1. The molecule has 6 nitrogen and oxygen atoms in total. The largest absolute Gasteiger partial charge is 0.335 e. The molecule has 1 fully saturated rings. The number of nitrogens with one attached hydrogen (secondary N) is 1. The zero-order chi connectivity index (χ0) is 19.9. The monoisotopic (exact) mass is 435 g/mol. The molecule has 0 atom stereocenters. The van der Waals surface area contributed by atoms with Gasteiger partial charge in [0.05, 0.1) is 21.8 Å². The molecule has 0 unspecified atom stereocenters. The fourth-order valence-corrected chi connectivity index (χ4v) is 5.66. The average molecular weight is 436 g/mol. The van der Waals surface area contributed by atoms with Crippen molar-refractivity contribution in [3.63, 3.8) is 0 Å². The van der Waals surface area contributed by atoms with Crippen LogP contribution in [0.15, 0.2) is 47.4 Å². The zero-order valence-electron chi connectivity index (χ0n) is 15.1. The highest BCUT2D eigenvalue weighted by atomic mass is 35.5. The number of rotatable bonds is 6. The molecule has 28 heavy (non-hydrogen) atoms. The van der Waals surface area contributed by atoms with Crippen molar-refractivity contribution in [1.29, 1.82) is 0 Å². The first-order chi connectivity index (χ1) is 13.3. The summed E-state index contributed by atoms with van der Waals surface area (Å²) in [5.41, 5.74) is 1.17. The topological polar surface area (TPSA) is 79.4 Å². The van der Waals surface area contributed by atoms with Gasteiger partial charge in [0.1, 0.15) is 9.90 Å². The highest BCUT2D eigenvalue weighted by Gasteiger charge is 2.30. The van der Waals surface area contributed by atoms with Gasteiger partial charge in [0.15, 0.2) is 0 Å². The van der Waals surface area contributed by atoms with Gasteiger partial charge < -0.3 is 4.90 Å². The Labute approximate surface area is 172 Å². The molecule has 1 N–H and O–H groups in total. The minimum Gasteiger partial charge on any atom is -0.335 e. The molecule has 2 aromatic carbocycles. The van der Waals surface area contributed by atoms with Crippen molar-refractivity contribution in [3.05, 3.63) is 58.1 Å². The summed E-state index contributed by atoms with van der Waals surface area (Å²) in [6.45, 7) is 0.337. The van der Waals surface area contributed by atoms with E-state index in [4.69, 9.17) is 11.6 Å². The van der Waals surface area contributed by atoms with Crippen molar-refractivity contribution in [1.82, 2.24) is 14.6 Å². The van der Waals surface area contributed by atoms with Gasteiger partial charge in [-0.2, -0.15) is 0 Å². The van der Waals surface area contributed by atoms with Crippen molar-refractivity contribution in [2.45, 2.75) is 30.3 Å². The summed E-state index contributed by atoms with van der Waals surface area (Å²) in [4.78, 5) is 18.8. The van der Waals surface area contributed by atoms with E-state index in [-0.39, 0.29) is 27.4 Å². The molecule has 4 rings (SSSR count). The standard InChI is InChI=1S/C19H18ClN3O3S2/c1-23(11-18-21-15-4-2-3-5-16(15)27-18)19(24)12-6-9-14(20)17(10-12)28(25,26)22-13-7-8-13/h2-6,9-10,13,22H,7-8,11H2,1H3. The van der Waals surface area contributed by atoms with Gasteiger partial charge in [0.2, 0.25) is 10.0 Å². The fourth-order valence-electron chi connectivity index (χ4n) is 2.81. The maximum Gasteiger partial charge on any atom is 0.254 e. The minimum atomic E-state index is -3.75. The van der Waals surface area contributed by atoms with Gasteiger partial charge in [0, 0.05) is 18.7 Å². The molecular weight excluding hydrogens is 418 g/mol. The molecule has 1 aromatic heterocycles. The first-order valence-electron chi connectivity index (χ1n) is 8.75. The fraction of sp³-hybridized carbons (Fsp3) is 0.263. The molecule has 3 aromatic rings. The molecular formula is C19H18ClN3O3S2. The van der Waals surface area contributed by atoms with Crippen molar-refractivity contribution >= 4 is 49.1 Å². The van der Waals surface area contributed by atoms with Crippen LogP contribution in [0.25, 0.3) is 10.2 Å². The summed E-state index contributed by atoms with van der Waals surface area (Å²) in [5.74, 6) is -0.293. The molecule has 0 aliphatic heterocycles. The lowest BCUT2D eigenvalue weighted by molar-refractivity contribution is 0.0785. The second-order valence-corrected chi connectivity index (χ2v) is 9.98. The predicted molar refractivity (Wildman–Crippen MR) is 110 cm³/mol. The molecule has 146 valence electrons. The third-order valence-electron chi connectivity index (χ3n) is 4.42. The third kappa shape index (κ3) is 4.05. The van der Waals surface area contributed by atoms with Crippen LogP contribution in [0.5, 0.6) is 0 Å². The number of thiazole rings is 1. The quantitative estimate of drug-likeness (QED) is 0.640. The third-order valence-corrected chi connectivity index (χ3v) is 7.45. The normalized spacial score (nSPS) is 14.4. The number of amides is 1. The summed E-state index contributed by atoms with van der Waals surface area (Å²) in [6, 6.07) is 12.1. The maximum absolute atomic E-state index is 12.8. The minimum absolute atomic E-state index is 0.0397. The zero-order valence-corrected chi connectivity index (χ0v) is 17.4. The molecule has 1 saturated carbocycles. The van der Waals surface area contributed by atoms with Crippen LogP contribution in [0, 0.1) is 0 Å². The Bertz CT molecular complexity index is 1120. The molecule has 0 bridgehead atoms. The van der Waals surface area contributed by atoms with E-state index in [2.05, 4.69) is 9.71 Å². The Morgan fingerprint density at radius 1 is 1.29 bits per heavy atom. The van der Waals surface area contributed by atoms with E-state index in [0.29, 0.717) is 6.54 Å². The Morgan fingerprint density at radius 2 is 2.04 bits per heavy atom. The van der Waals surface area contributed by atoms with Crippen LogP contribution < -0.4 is 4.72 Å². The number of aromatic nitrogens is 1. The molecule has 9 heteroatoms. The van der Waals surface area contributed by atoms with Crippen LogP contribution in [-0.4, -0.2) is 37.3 Å². The van der Waals surface area contributed by atoms with Gasteiger partial charge in [0.25, 0.3) is 5.91 Å². The Hall–Kier alpha value is -2.00. The highest BCUT2D eigenvalue weighted by molar-refractivity contribution is 7.89. The number of sulfonamides is 1. The van der Waals surface area contributed by atoms with E-state index in [0.717, 1.165) is 28.1 Å². The summed E-state index contributed by atoms with van der Waals surface area (Å²) >= 11 is 7.62. The van der Waals surface area contributed by atoms with E-state index in [9.17, 15) is 13.2 Å². The average Bonchev–Trinajstić information content (AvgIpc) is 3.36. The van der Waals surface area contributed by atoms with Gasteiger partial charge in [-0.25, -0.2) is 18.1 Å².